The van der Waals surface area contributed by atoms with Gasteiger partial charge in [0.05, 0.1) is 11.1 Å². The van der Waals surface area contributed by atoms with Crippen LogP contribution in [0.2, 0.25) is 5.02 Å². The van der Waals surface area contributed by atoms with Gasteiger partial charge in [-0.1, -0.05) is 43.5 Å². The van der Waals surface area contributed by atoms with Crippen molar-refractivity contribution in [1.82, 2.24) is 0 Å². The standard InChI is InChI=1S/C13H8Br3ClFN/c14-6-1-2-9(15)7(3-6)13(19)8-4-11(17)10(16)5-12(8)18/h1-5,13H,19H2. The van der Waals surface area contributed by atoms with E-state index in [-0.39, 0.29) is 0 Å². The molecule has 100 valence electrons. The first-order chi connectivity index (χ1) is 8.90. The van der Waals surface area contributed by atoms with Gasteiger partial charge in [0.2, 0.25) is 0 Å². The Morgan fingerprint density at radius 2 is 1.68 bits per heavy atom. The molecule has 0 aliphatic rings. The molecule has 0 amide bonds. The maximum absolute atomic E-state index is 14.0. The van der Waals surface area contributed by atoms with Gasteiger partial charge in [-0.3, -0.25) is 0 Å². The van der Waals surface area contributed by atoms with E-state index in [9.17, 15) is 4.39 Å². The third-order valence-corrected chi connectivity index (χ3v) is 5.08. The minimum atomic E-state index is -0.600. The zero-order valence-corrected chi connectivity index (χ0v) is 14.9. The summed E-state index contributed by atoms with van der Waals surface area (Å²) in [6, 6.07) is 7.85. The Balaban J connectivity index is 2.52. The molecule has 2 aromatic carbocycles. The van der Waals surface area contributed by atoms with E-state index in [2.05, 4.69) is 47.8 Å². The number of nitrogens with two attached hydrogens (primary N) is 1. The molecular weight excluding hydrogens is 464 g/mol. The molecule has 1 unspecified atom stereocenters. The maximum atomic E-state index is 14.0. The van der Waals surface area contributed by atoms with Crippen LogP contribution in [0.3, 0.4) is 0 Å². The van der Waals surface area contributed by atoms with Crippen LogP contribution in [0.4, 0.5) is 4.39 Å². The molecule has 1 nitrogen and oxygen atoms in total. The number of hydrogen-bond donors (Lipinski definition) is 1. The molecule has 2 rings (SSSR count). The minimum Gasteiger partial charge on any atom is -0.320 e. The van der Waals surface area contributed by atoms with Crippen LogP contribution in [-0.4, -0.2) is 0 Å². The van der Waals surface area contributed by atoms with Gasteiger partial charge in [-0.15, -0.1) is 0 Å². The lowest BCUT2D eigenvalue weighted by molar-refractivity contribution is 0.598. The Morgan fingerprint density at radius 3 is 2.37 bits per heavy atom. The van der Waals surface area contributed by atoms with Gasteiger partial charge in [0, 0.05) is 19.0 Å². The van der Waals surface area contributed by atoms with Gasteiger partial charge in [-0.2, -0.15) is 0 Å². The molecule has 0 bridgehead atoms. The lowest BCUT2D eigenvalue weighted by Crippen LogP contribution is -2.14. The van der Waals surface area contributed by atoms with Crippen molar-refractivity contribution >= 4 is 59.4 Å². The third kappa shape index (κ3) is 3.39. The van der Waals surface area contributed by atoms with E-state index in [1.807, 2.05) is 18.2 Å². The summed E-state index contributed by atoms with van der Waals surface area (Å²) in [5.74, 6) is -0.393. The highest BCUT2D eigenvalue weighted by Crippen LogP contribution is 2.34. The molecule has 6 heteroatoms. The molecule has 0 saturated heterocycles. The van der Waals surface area contributed by atoms with Crippen molar-refractivity contribution in [1.29, 1.82) is 0 Å². The predicted octanol–water partition coefficient (Wildman–Crippen LogP) is 5.81. The monoisotopic (exact) mass is 469 g/mol. The second-order valence-electron chi connectivity index (χ2n) is 3.93. The van der Waals surface area contributed by atoms with Crippen molar-refractivity contribution in [3.63, 3.8) is 0 Å². The molecule has 0 radical (unpaired) electrons. The van der Waals surface area contributed by atoms with Crippen LogP contribution in [0.1, 0.15) is 17.2 Å². The van der Waals surface area contributed by atoms with Gasteiger partial charge >= 0.3 is 0 Å². The fourth-order valence-corrected chi connectivity index (χ4v) is 3.06. The fourth-order valence-electron chi connectivity index (χ4n) is 1.70. The average molecular weight is 472 g/mol. The van der Waals surface area contributed by atoms with Crippen LogP contribution < -0.4 is 5.73 Å². The van der Waals surface area contributed by atoms with E-state index < -0.39 is 11.9 Å². The maximum Gasteiger partial charge on any atom is 0.129 e. The summed E-state index contributed by atoms with van der Waals surface area (Å²) in [5, 5.41) is 0.429. The molecule has 1 atom stereocenters. The Morgan fingerprint density at radius 1 is 1.00 bits per heavy atom. The quantitative estimate of drug-likeness (QED) is 0.549. The molecular formula is C13H8Br3ClFN. The first-order valence-electron chi connectivity index (χ1n) is 5.25. The van der Waals surface area contributed by atoms with Crippen molar-refractivity contribution in [2.75, 3.05) is 0 Å². The first-order valence-corrected chi connectivity index (χ1v) is 8.01. The Bertz CT molecular complexity index is 634. The lowest BCUT2D eigenvalue weighted by atomic mass is 9.99. The summed E-state index contributed by atoms with van der Waals surface area (Å²) in [4.78, 5) is 0. The van der Waals surface area contributed by atoms with Gasteiger partial charge in [-0.25, -0.2) is 4.39 Å². The zero-order valence-electron chi connectivity index (χ0n) is 9.43. The van der Waals surface area contributed by atoms with Crippen molar-refractivity contribution < 1.29 is 4.39 Å². The molecule has 2 aromatic rings. The SMILES string of the molecule is NC(c1cc(Cl)c(Br)cc1F)c1cc(Br)ccc1Br. The molecule has 19 heavy (non-hydrogen) atoms. The molecule has 0 aromatic heterocycles. The Kier molecular flexibility index (Phi) is 5.06. The molecule has 0 heterocycles. The molecule has 0 aliphatic heterocycles. The van der Waals surface area contributed by atoms with Crippen LogP contribution in [0.15, 0.2) is 43.7 Å². The van der Waals surface area contributed by atoms with E-state index in [0.717, 1.165) is 14.5 Å². The normalized spacial score (nSPS) is 12.5. The van der Waals surface area contributed by atoms with Crippen molar-refractivity contribution in [3.05, 3.63) is 65.7 Å². The number of benzene rings is 2. The summed E-state index contributed by atoms with van der Waals surface area (Å²) in [7, 11) is 0. The molecule has 0 spiro atoms. The fraction of sp³-hybridized carbons (Fsp3) is 0.0769. The summed E-state index contributed by atoms with van der Waals surface area (Å²) in [5.41, 5.74) is 7.28. The van der Waals surface area contributed by atoms with Gasteiger partial charge in [0.1, 0.15) is 5.82 Å². The Labute approximate surface area is 140 Å². The van der Waals surface area contributed by atoms with E-state index in [1.165, 1.54) is 6.07 Å². The Hall–Kier alpha value is 0.0600. The molecule has 2 N–H and O–H groups in total. The smallest absolute Gasteiger partial charge is 0.129 e. The minimum absolute atomic E-state index is 0.354. The predicted molar refractivity (Wildman–Crippen MR) is 87.0 cm³/mol. The summed E-state index contributed by atoms with van der Waals surface area (Å²) >= 11 is 16.0. The van der Waals surface area contributed by atoms with Crippen molar-refractivity contribution in [3.8, 4) is 0 Å². The largest absolute Gasteiger partial charge is 0.320 e. The van der Waals surface area contributed by atoms with Gasteiger partial charge < -0.3 is 5.73 Å². The second-order valence-corrected chi connectivity index (χ2v) is 6.96. The molecule has 0 fully saturated rings. The van der Waals surface area contributed by atoms with Gasteiger partial charge in [0.25, 0.3) is 0 Å². The highest BCUT2D eigenvalue weighted by atomic mass is 79.9. The highest BCUT2D eigenvalue weighted by molar-refractivity contribution is 9.11. The lowest BCUT2D eigenvalue weighted by Gasteiger charge is -2.16. The highest BCUT2D eigenvalue weighted by Gasteiger charge is 2.18. The van der Waals surface area contributed by atoms with Crippen molar-refractivity contribution in [2.45, 2.75) is 6.04 Å². The van der Waals surface area contributed by atoms with E-state index in [4.69, 9.17) is 17.3 Å². The zero-order chi connectivity index (χ0) is 14.2. The van der Waals surface area contributed by atoms with Crippen LogP contribution >= 0.6 is 59.4 Å². The molecule has 0 saturated carbocycles. The summed E-state index contributed by atoms with van der Waals surface area (Å²) in [6.07, 6.45) is 0. The van der Waals surface area contributed by atoms with E-state index in [0.29, 0.717) is 15.1 Å². The van der Waals surface area contributed by atoms with E-state index >= 15 is 0 Å². The molecule has 0 aliphatic carbocycles. The average Bonchev–Trinajstić information content (AvgIpc) is 2.36. The van der Waals surface area contributed by atoms with Crippen LogP contribution in [0, 0.1) is 5.82 Å². The number of rotatable bonds is 2. The van der Waals surface area contributed by atoms with Gasteiger partial charge in [0.15, 0.2) is 0 Å². The topological polar surface area (TPSA) is 26.0 Å². The summed E-state index contributed by atoms with van der Waals surface area (Å²) < 4.78 is 16.2. The number of hydrogen-bond acceptors (Lipinski definition) is 1. The number of halogens is 5. The van der Waals surface area contributed by atoms with Crippen LogP contribution in [-0.2, 0) is 0 Å². The second kappa shape index (κ2) is 6.22. The van der Waals surface area contributed by atoms with Crippen LogP contribution in [0.25, 0.3) is 0 Å². The van der Waals surface area contributed by atoms with Gasteiger partial charge in [-0.05, 0) is 51.8 Å². The van der Waals surface area contributed by atoms with E-state index in [1.54, 1.807) is 6.07 Å². The first kappa shape index (κ1) is 15.4. The van der Waals surface area contributed by atoms with Crippen molar-refractivity contribution in [2.24, 2.45) is 5.73 Å². The van der Waals surface area contributed by atoms with Crippen LogP contribution in [0.5, 0.6) is 0 Å². The third-order valence-electron chi connectivity index (χ3n) is 2.67. The summed E-state index contributed by atoms with van der Waals surface area (Å²) in [6.45, 7) is 0.